The summed E-state index contributed by atoms with van der Waals surface area (Å²) < 4.78 is 28.7. The highest BCUT2D eigenvalue weighted by Gasteiger charge is 2.27. The summed E-state index contributed by atoms with van der Waals surface area (Å²) in [6.45, 7) is 3.83. The molecule has 1 aliphatic heterocycles. The van der Waals surface area contributed by atoms with Gasteiger partial charge in [-0.25, -0.2) is 0 Å². The maximum absolute atomic E-state index is 12.3. The first-order valence-electron chi connectivity index (χ1n) is 6.87. The van der Waals surface area contributed by atoms with Crippen molar-refractivity contribution >= 4 is 10.2 Å². The highest BCUT2D eigenvalue weighted by Crippen LogP contribution is 2.17. The molecule has 0 aliphatic carbocycles. The summed E-state index contributed by atoms with van der Waals surface area (Å²) >= 11 is 0. The molecular weight excluding hydrogens is 276 g/mol. The molecule has 0 bridgehead atoms. The van der Waals surface area contributed by atoms with Crippen LogP contribution in [0.25, 0.3) is 0 Å². The van der Waals surface area contributed by atoms with Gasteiger partial charge in [-0.1, -0.05) is 0 Å². The Morgan fingerprint density at radius 3 is 3.05 bits per heavy atom. The van der Waals surface area contributed by atoms with E-state index in [1.807, 2.05) is 13.0 Å². The van der Waals surface area contributed by atoms with Gasteiger partial charge in [0.2, 0.25) is 0 Å². The normalized spacial score (nSPS) is 21.0. The van der Waals surface area contributed by atoms with E-state index in [0.29, 0.717) is 26.2 Å². The molecule has 2 heterocycles. The first-order chi connectivity index (χ1) is 9.53. The molecule has 6 nitrogen and oxygen atoms in total. The molecule has 1 saturated heterocycles. The highest BCUT2D eigenvalue weighted by molar-refractivity contribution is 7.87. The molecule has 1 aromatic heterocycles. The van der Waals surface area contributed by atoms with Gasteiger partial charge in [0.25, 0.3) is 10.2 Å². The summed E-state index contributed by atoms with van der Waals surface area (Å²) in [6, 6.07) is 1.83. The molecule has 112 valence electrons. The Kier molecular flexibility index (Phi) is 5.09. The van der Waals surface area contributed by atoms with Crippen molar-refractivity contribution < 1.29 is 8.42 Å². The number of rotatable bonds is 5. The SMILES string of the molecule is Cc1cnccc1CNS(=O)(=O)N1CCCC(CN)C1. The number of piperidine rings is 1. The van der Waals surface area contributed by atoms with Crippen molar-refractivity contribution in [2.45, 2.75) is 26.3 Å². The lowest BCUT2D eigenvalue weighted by Crippen LogP contribution is -2.47. The fraction of sp³-hybridized carbons (Fsp3) is 0.615. The Labute approximate surface area is 120 Å². The molecule has 7 heteroatoms. The van der Waals surface area contributed by atoms with Crippen LogP contribution in [-0.2, 0) is 16.8 Å². The Hall–Kier alpha value is -1.02. The molecule has 0 saturated carbocycles. The van der Waals surface area contributed by atoms with Crippen LogP contribution in [0.3, 0.4) is 0 Å². The number of hydrogen-bond acceptors (Lipinski definition) is 4. The van der Waals surface area contributed by atoms with Gasteiger partial charge in [0.05, 0.1) is 0 Å². The molecule has 1 fully saturated rings. The molecule has 20 heavy (non-hydrogen) atoms. The lowest BCUT2D eigenvalue weighted by Gasteiger charge is -2.31. The molecule has 0 radical (unpaired) electrons. The minimum absolute atomic E-state index is 0.267. The van der Waals surface area contributed by atoms with Gasteiger partial charge in [0, 0.05) is 32.0 Å². The van der Waals surface area contributed by atoms with Crippen molar-refractivity contribution in [3.8, 4) is 0 Å². The van der Waals surface area contributed by atoms with E-state index >= 15 is 0 Å². The molecule has 2 rings (SSSR count). The summed E-state index contributed by atoms with van der Waals surface area (Å²) in [5.41, 5.74) is 7.57. The van der Waals surface area contributed by atoms with Crippen molar-refractivity contribution in [1.29, 1.82) is 0 Å². The quantitative estimate of drug-likeness (QED) is 0.823. The van der Waals surface area contributed by atoms with Crippen molar-refractivity contribution in [2.24, 2.45) is 11.7 Å². The van der Waals surface area contributed by atoms with Gasteiger partial charge in [-0.15, -0.1) is 0 Å². The summed E-state index contributed by atoms with van der Waals surface area (Å²) in [4.78, 5) is 4.00. The van der Waals surface area contributed by atoms with Crippen molar-refractivity contribution in [2.75, 3.05) is 19.6 Å². The second-order valence-corrected chi connectivity index (χ2v) is 6.99. The second-order valence-electron chi connectivity index (χ2n) is 5.23. The van der Waals surface area contributed by atoms with Gasteiger partial charge in [-0.3, -0.25) is 4.98 Å². The summed E-state index contributed by atoms with van der Waals surface area (Å²) in [7, 11) is -3.43. The number of aryl methyl sites for hydroxylation is 1. The molecular formula is C13H22N4O2S. The van der Waals surface area contributed by atoms with Crippen LogP contribution in [-0.4, -0.2) is 37.3 Å². The van der Waals surface area contributed by atoms with Crippen LogP contribution in [0.1, 0.15) is 24.0 Å². The largest absolute Gasteiger partial charge is 0.330 e. The molecule has 1 unspecified atom stereocenters. The minimum Gasteiger partial charge on any atom is -0.330 e. The zero-order chi connectivity index (χ0) is 14.6. The van der Waals surface area contributed by atoms with Crippen molar-refractivity contribution in [1.82, 2.24) is 14.0 Å². The Balaban J connectivity index is 1.99. The fourth-order valence-electron chi connectivity index (χ4n) is 2.40. The third-order valence-corrected chi connectivity index (χ3v) is 5.26. The van der Waals surface area contributed by atoms with Crippen LogP contribution in [0.15, 0.2) is 18.5 Å². The van der Waals surface area contributed by atoms with E-state index < -0.39 is 10.2 Å². The fourth-order valence-corrected chi connectivity index (χ4v) is 3.70. The van der Waals surface area contributed by atoms with Crippen LogP contribution >= 0.6 is 0 Å². The van der Waals surface area contributed by atoms with Crippen LogP contribution < -0.4 is 10.5 Å². The van der Waals surface area contributed by atoms with Gasteiger partial charge < -0.3 is 5.73 Å². The van der Waals surface area contributed by atoms with Gasteiger partial charge in [0.15, 0.2) is 0 Å². The van der Waals surface area contributed by atoms with Crippen molar-refractivity contribution in [3.63, 3.8) is 0 Å². The Bertz CT molecular complexity index is 547. The Morgan fingerprint density at radius 1 is 1.55 bits per heavy atom. The zero-order valence-electron chi connectivity index (χ0n) is 11.7. The molecule has 0 spiro atoms. The lowest BCUT2D eigenvalue weighted by atomic mass is 10.0. The number of nitrogens with zero attached hydrogens (tertiary/aromatic N) is 2. The molecule has 0 amide bonds. The number of nitrogens with two attached hydrogens (primary N) is 1. The van der Waals surface area contributed by atoms with E-state index in [2.05, 4.69) is 9.71 Å². The Morgan fingerprint density at radius 2 is 2.35 bits per heavy atom. The summed E-state index contributed by atoms with van der Waals surface area (Å²) in [5, 5.41) is 0. The number of pyridine rings is 1. The molecule has 1 atom stereocenters. The number of hydrogen-bond donors (Lipinski definition) is 2. The topological polar surface area (TPSA) is 88.3 Å². The number of aromatic nitrogens is 1. The average molecular weight is 298 g/mol. The molecule has 0 aromatic carbocycles. The summed E-state index contributed by atoms with van der Waals surface area (Å²) in [6.07, 6.45) is 5.28. The van der Waals surface area contributed by atoms with Gasteiger partial charge in [0.1, 0.15) is 0 Å². The minimum atomic E-state index is -3.43. The van der Waals surface area contributed by atoms with Crippen LogP contribution in [0.4, 0.5) is 0 Å². The highest BCUT2D eigenvalue weighted by atomic mass is 32.2. The first-order valence-corrected chi connectivity index (χ1v) is 8.31. The third-order valence-electron chi connectivity index (χ3n) is 3.74. The molecule has 3 N–H and O–H groups in total. The molecule has 1 aliphatic rings. The average Bonchev–Trinajstić information content (AvgIpc) is 2.46. The van der Waals surface area contributed by atoms with E-state index in [9.17, 15) is 8.42 Å². The second kappa shape index (κ2) is 6.62. The van der Waals surface area contributed by atoms with Crippen LogP contribution in [0.5, 0.6) is 0 Å². The smallest absolute Gasteiger partial charge is 0.279 e. The predicted octanol–water partition coefficient (Wildman–Crippen LogP) is 0.395. The zero-order valence-corrected chi connectivity index (χ0v) is 12.6. The van der Waals surface area contributed by atoms with E-state index in [-0.39, 0.29) is 5.92 Å². The van der Waals surface area contributed by atoms with E-state index in [4.69, 9.17) is 5.73 Å². The third kappa shape index (κ3) is 3.76. The summed E-state index contributed by atoms with van der Waals surface area (Å²) in [5.74, 6) is 0.267. The van der Waals surface area contributed by atoms with Crippen LogP contribution in [0.2, 0.25) is 0 Å². The van der Waals surface area contributed by atoms with Crippen molar-refractivity contribution in [3.05, 3.63) is 29.6 Å². The van der Waals surface area contributed by atoms with Gasteiger partial charge >= 0.3 is 0 Å². The van der Waals surface area contributed by atoms with Crippen LogP contribution in [0, 0.1) is 12.8 Å². The van der Waals surface area contributed by atoms with Gasteiger partial charge in [-0.05, 0) is 49.4 Å². The van der Waals surface area contributed by atoms with Gasteiger partial charge in [-0.2, -0.15) is 17.4 Å². The lowest BCUT2D eigenvalue weighted by molar-refractivity contribution is 0.268. The number of nitrogens with one attached hydrogen (secondary N) is 1. The van der Waals surface area contributed by atoms with E-state index in [0.717, 1.165) is 24.0 Å². The molecule has 1 aromatic rings. The van der Waals surface area contributed by atoms with E-state index in [1.165, 1.54) is 4.31 Å². The standard InChI is InChI=1S/C13H22N4O2S/c1-11-8-15-5-4-13(11)9-16-20(18,19)17-6-2-3-12(7-14)10-17/h4-5,8,12,16H,2-3,6-7,9-10,14H2,1H3. The maximum Gasteiger partial charge on any atom is 0.279 e. The monoisotopic (exact) mass is 298 g/mol. The first kappa shape index (κ1) is 15.4. The maximum atomic E-state index is 12.3. The van der Waals surface area contributed by atoms with E-state index in [1.54, 1.807) is 12.4 Å². The predicted molar refractivity (Wildman–Crippen MR) is 78.1 cm³/mol.